The largest absolute Gasteiger partial charge is 0.355 e. The molecule has 1 aromatic rings. The molecule has 1 aromatic carbocycles. The van der Waals surface area contributed by atoms with Crippen molar-refractivity contribution in [1.29, 1.82) is 0 Å². The average molecular weight is 281 g/mol. The second-order valence-corrected chi connectivity index (χ2v) is 4.45. The van der Waals surface area contributed by atoms with Gasteiger partial charge in [-0.1, -0.05) is 32.6 Å². The van der Waals surface area contributed by atoms with Gasteiger partial charge in [0.2, 0.25) is 0 Å². The Morgan fingerprint density at radius 1 is 1.15 bits per heavy atom. The minimum Gasteiger partial charge on any atom is -0.287 e. The van der Waals surface area contributed by atoms with Crippen LogP contribution in [0, 0.1) is 10.1 Å². The average Bonchev–Trinajstić information content (AvgIpc) is 2.45. The number of unbranched alkanes of at least 4 members (excludes halogenated alkanes) is 4. The Morgan fingerprint density at radius 2 is 1.80 bits per heavy atom. The number of non-ortho nitro benzene ring substituents is 1. The summed E-state index contributed by atoms with van der Waals surface area (Å²) in [5, 5.41) is 10.5. The van der Waals surface area contributed by atoms with E-state index in [0.29, 0.717) is 6.42 Å². The fraction of sp³-hybridized carbons (Fsp3) is 0.500. The molecule has 0 aromatic heterocycles. The highest BCUT2D eigenvalue weighted by atomic mass is 17.2. The van der Waals surface area contributed by atoms with E-state index >= 15 is 0 Å². The van der Waals surface area contributed by atoms with Crippen LogP contribution in [0.15, 0.2) is 24.3 Å². The van der Waals surface area contributed by atoms with Crippen molar-refractivity contribution in [1.82, 2.24) is 0 Å². The molecular formula is C14H19NO5. The molecule has 6 heteroatoms. The number of carbonyl (C=O) groups excluding carboxylic acids is 1. The van der Waals surface area contributed by atoms with E-state index in [9.17, 15) is 14.9 Å². The third-order valence-electron chi connectivity index (χ3n) is 2.76. The van der Waals surface area contributed by atoms with Crippen LogP contribution in [0.3, 0.4) is 0 Å². The molecule has 6 nitrogen and oxygen atoms in total. The second-order valence-electron chi connectivity index (χ2n) is 4.45. The van der Waals surface area contributed by atoms with E-state index in [1.165, 1.54) is 30.7 Å². The number of benzene rings is 1. The van der Waals surface area contributed by atoms with E-state index < -0.39 is 10.9 Å². The lowest BCUT2D eigenvalue weighted by Gasteiger charge is -2.04. The molecule has 0 heterocycles. The topological polar surface area (TPSA) is 78.7 Å². The first-order chi connectivity index (χ1) is 9.63. The Balaban J connectivity index is 2.22. The van der Waals surface area contributed by atoms with Crippen molar-refractivity contribution in [2.75, 3.05) is 0 Å². The van der Waals surface area contributed by atoms with E-state index in [0.717, 1.165) is 25.7 Å². The summed E-state index contributed by atoms with van der Waals surface area (Å²) in [6.07, 6.45) is 5.55. The van der Waals surface area contributed by atoms with Gasteiger partial charge in [-0.05, 0) is 18.6 Å². The summed E-state index contributed by atoms with van der Waals surface area (Å²) in [4.78, 5) is 30.7. The minimum atomic E-state index is -0.508. The summed E-state index contributed by atoms with van der Waals surface area (Å²) in [7, 11) is 0. The molecule has 0 aliphatic heterocycles. The molecule has 0 fully saturated rings. The number of carbonyl (C=O) groups is 1. The number of nitro benzene ring substituents is 1. The number of nitro groups is 1. The number of hydrogen-bond acceptors (Lipinski definition) is 5. The minimum absolute atomic E-state index is 0.0420. The molecule has 0 bridgehead atoms. The summed E-state index contributed by atoms with van der Waals surface area (Å²) in [5.41, 5.74) is -0.0420. The summed E-state index contributed by atoms with van der Waals surface area (Å²) in [6.45, 7) is 2.13. The molecule has 0 radical (unpaired) electrons. The van der Waals surface area contributed by atoms with Crippen molar-refractivity contribution >= 4 is 11.7 Å². The highest BCUT2D eigenvalue weighted by molar-refractivity contribution is 5.68. The third kappa shape index (κ3) is 6.17. The van der Waals surface area contributed by atoms with Crippen LogP contribution in [0.1, 0.15) is 45.4 Å². The van der Waals surface area contributed by atoms with Gasteiger partial charge in [0.25, 0.3) is 5.69 Å². The molecule has 0 unspecified atom stereocenters. The first-order valence-corrected chi connectivity index (χ1v) is 6.75. The van der Waals surface area contributed by atoms with Crippen LogP contribution in [0.4, 0.5) is 5.69 Å². The van der Waals surface area contributed by atoms with E-state index in [1.54, 1.807) is 0 Å². The SMILES string of the molecule is CCCCCCCC(=O)OOc1ccc([N+](=O)[O-])cc1. The van der Waals surface area contributed by atoms with Crippen LogP contribution in [0.2, 0.25) is 0 Å². The Bertz CT molecular complexity index is 430. The highest BCUT2D eigenvalue weighted by Gasteiger charge is 2.08. The maximum Gasteiger partial charge on any atom is 0.355 e. The Hall–Kier alpha value is -2.11. The molecule has 0 N–H and O–H groups in total. The van der Waals surface area contributed by atoms with Crippen LogP contribution in [0.5, 0.6) is 5.75 Å². The van der Waals surface area contributed by atoms with E-state index in [4.69, 9.17) is 4.89 Å². The summed E-state index contributed by atoms with van der Waals surface area (Å²) in [6, 6.07) is 5.33. The standard InChI is InChI=1S/C14H19NO5/c1-2-3-4-5-6-7-14(16)20-19-13-10-8-12(9-11-13)15(17)18/h8-11H,2-7H2,1H3. The van der Waals surface area contributed by atoms with E-state index in [-0.39, 0.29) is 11.4 Å². The third-order valence-corrected chi connectivity index (χ3v) is 2.76. The van der Waals surface area contributed by atoms with Gasteiger partial charge >= 0.3 is 5.97 Å². The molecule has 0 amide bonds. The summed E-state index contributed by atoms with van der Waals surface area (Å²) in [5.74, 6) is -0.171. The van der Waals surface area contributed by atoms with Crippen molar-refractivity contribution in [3.8, 4) is 5.75 Å². The molecule has 0 saturated heterocycles. The van der Waals surface area contributed by atoms with Crippen molar-refractivity contribution in [3.63, 3.8) is 0 Å². The summed E-state index contributed by atoms with van der Waals surface area (Å²) < 4.78 is 0. The monoisotopic (exact) mass is 281 g/mol. The van der Waals surface area contributed by atoms with Gasteiger partial charge in [-0.25, -0.2) is 4.79 Å². The lowest BCUT2D eigenvalue weighted by Crippen LogP contribution is -2.07. The van der Waals surface area contributed by atoms with Crippen LogP contribution in [-0.4, -0.2) is 10.9 Å². The Morgan fingerprint density at radius 3 is 2.40 bits per heavy atom. The quantitative estimate of drug-likeness (QED) is 0.298. The molecule has 0 spiro atoms. The maximum atomic E-state index is 11.4. The van der Waals surface area contributed by atoms with Crippen molar-refractivity contribution < 1.29 is 19.5 Å². The second kappa shape index (κ2) is 8.90. The molecule has 0 atom stereocenters. The predicted octanol–water partition coefficient (Wildman–Crippen LogP) is 3.79. The van der Waals surface area contributed by atoms with Gasteiger partial charge < -0.3 is 0 Å². The van der Waals surface area contributed by atoms with Gasteiger partial charge in [-0.15, -0.1) is 0 Å². The van der Waals surface area contributed by atoms with Crippen LogP contribution < -0.4 is 4.89 Å². The molecule has 110 valence electrons. The van der Waals surface area contributed by atoms with Gasteiger partial charge in [0.15, 0.2) is 5.75 Å². The summed E-state index contributed by atoms with van der Waals surface area (Å²) >= 11 is 0. The van der Waals surface area contributed by atoms with Gasteiger partial charge in [0.1, 0.15) is 0 Å². The molecule has 1 rings (SSSR count). The number of hydrogen-bond donors (Lipinski definition) is 0. The van der Waals surface area contributed by atoms with Gasteiger partial charge in [-0.3, -0.25) is 19.9 Å². The zero-order valence-corrected chi connectivity index (χ0v) is 11.5. The molecule has 0 aliphatic carbocycles. The zero-order chi connectivity index (χ0) is 14.8. The fourth-order valence-electron chi connectivity index (χ4n) is 1.63. The highest BCUT2D eigenvalue weighted by Crippen LogP contribution is 2.17. The first-order valence-electron chi connectivity index (χ1n) is 6.75. The lowest BCUT2D eigenvalue weighted by atomic mass is 10.1. The van der Waals surface area contributed by atoms with Gasteiger partial charge in [0, 0.05) is 12.1 Å². The number of rotatable bonds is 9. The molecule has 0 aliphatic rings. The zero-order valence-electron chi connectivity index (χ0n) is 11.5. The number of nitrogens with zero attached hydrogens (tertiary/aromatic N) is 1. The normalized spacial score (nSPS) is 10.1. The smallest absolute Gasteiger partial charge is 0.287 e. The Kier molecular flexibility index (Phi) is 7.10. The van der Waals surface area contributed by atoms with E-state index in [1.807, 2.05) is 0 Å². The van der Waals surface area contributed by atoms with Crippen LogP contribution in [-0.2, 0) is 9.68 Å². The fourth-order valence-corrected chi connectivity index (χ4v) is 1.63. The van der Waals surface area contributed by atoms with Crippen LogP contribution in [0.25, 0.3) is 0 Å². The van der Waals surface area contributed by atoms with E-state index in [2.05, 4.69) is 11.8 Å². The predicted molar refractivity (Wildman–Crippen MR) is 73.2 cm³/mol. The lowest BCUT2D eigenvalue weighted by molar-refractivity contribution is -0.384. The van der Waals surface area contributed by atoms with Crippen LogP contribution >= 0.6 is 0 Å². The molecule has 20 heavy (non-hydrogen) atoms. The van der Waals surface area contributed by atoms with Gasteiger partial charge in [-0.2, -0.15) is 0 Å². The maximum absolute atomic E-state index is 11.4. The van der Waals surface area contributed by atoms with Gasteiger partial charge in [0.05, 0.1) is 11.3 Å². The van der Waals surface area contributed by atoms with Crippen molar-refractivity contribution in [2.24, 2.45) is 0 Å². The molecular weight excluding hydrogens is 262 g/mol. The van der Waals surface area contributed by atoms with Crippen molar-refractivity contribution in [2.45, 2.75) is 45.4 Å². The Labute approximate surface area is 117 Å². The molecule has 0 saturated carbocycles. The first kappa shape index (κ1) is 15.9. The van der Waals surface area contributed by atoms with Crippen molar-refractivity contribution in [3.05, 3.63) is 34.4 Å².